The van der Waals surface area contributed by atoms with Crippen LogP contribution in [0.2, 0.25) is 19.6 Å². The van der Waals surface area contributed by atoms with Crippen LogP contribution in [0.15, 0.2) is 30.6 Å². The normalized spacial score (nSPS) is 13.0. The van der Waals surface area contributed by atoms with Crippen molar-refractivity contribution in [3.05, 3.63) is 36.2 Å². The second kappa shape index (κ2) is 6.22. The van der Waals surface area contributed by atoms with Crippen LogP contribution in [0, 0.1) is 0 Å². The van der Waals surface area contributed by atoms with E-state index in [4.69, 9.17) is 4.74 Å². The molecule has 1 aromatic rings. The number of carbonyl (C=O) groups is 1. The summed E-state index contributed by atoms with van der Waals surface area (Å²) in [6, 6.07) is 3.76. The number of hydrogen-bond acceptors (Lipinski definition) is 4. The molecule has 1 heterocycles. The molecule has 20 heavy (non-hydrogen) atoms. The van der Waals surface area contributed by atoms with Crippen LogP contribution in [0.3, 0.4) is 0 Å². The van der Waals surface area contributed by atoms with E-state index in [-0.39, 0.29) is 5.97 Å². The maximum atomic E-state index is 12.0. The van der Waals surface area contributed by atoms with Crippen molar-refractivity contribution in [1.82, 2.24) is 9.97 Å². The summed E-state index contributed by atoms with van der Waals surface area (Å²) in [5.74, 6) is -0.338. The summed E-state index contributed by atoms with van der Waals surface area (Å²) < 4.78 is 5.35. The van der Waals surface area contributed by atoms with Crippen LogP contribution in [0.4, 0.5) is 0 Å². The van der Waals surface area contributed by atoms with Crippen LogP contribution in [-0.4, -0.2) is 24.8 Å². The molecule has 1 N–H and O–H groups in total. The number of ether oxygens (including phenoxy) is 1. The van der Waals surface area contributed by atoms with E-state index in [9.17, 15) is 4.79 Å². The molecule has 0 aliphatic rings. The van der Waals surface area contributed by atoms with Gasteiger partial charge in [0.2, 0.25) is 0 Å². The van der Waals surface area contributed by atoms with Gasteiger partial charge < -0.3 is 9.72 Å². The lowest BCUT2D eigenvalue weighted by molar-refractivity contribution is -0.148. The van der Waals surface area contributed by atoms with E-state index in [1.807, 2.05) is 32.9 Å². The summed E-state index contributed by atoms with van der Waals surface area (Å²) >= 11 is 0. The van der Waals surface area contributed by atoms with Crippen molar-refractivity contribution in [3.63, 3.8) is 0 Å². The lowest BCUT2D eigenvalue weighted by Gasteiger charge is -2.23. The van der Waals surface area contributed by atoms with E-state index < -0.39 is 13.8 Å². The Morgan fingerprint density at radius 1 is 1.25 bits per heavy atom. The zero-order valence-electron chi connectivity index (χ0n) is 13.2. The summed E-state index contributed by atoms with van der Waals surface area (Å²) in [7, 11) is -1.58. The molecule has 1 aromatic heterocycles. The minimum Gasteiger partial charge on any atom is -0.457 e. The molecule has 0 aliphatic heterocycles. The number of hydrogen-bond donors (Lipinski definition) is 1. The molecule has 0 saturated carbocycles. The molecule has 1 rings (SSSR count). The van der Waals surface area contributed by atoms with Crippen LogP contribution in [0.25, 0.3) is 5.70 Å². The third kappa shape index (κ3) is 6.52. The largest absolute Gasteiger partial charge is 0.457 e. The number of rotatable bonds is 4. The van der Waals surface area contributed by atoms with Crippen LogP contribution in [0.1, 0.15) is 26.3 Å². The third-order valence-corrected chi connectivity index (χ3v) is 3.19. The second-order valence-electron chi connectivity index (χ2n) is 6.70. The zero-order chi connectivity index (χ0) is 15.4. The first-order valence-electron chi connectivity index (χ1n) is 6.70. The lowest BCUT2D eigenvalue weighted by atomic mass is 10.2. The van der Waals surface area contributed by atoms with Gasteiger partial charge in [-0.2, -0.15) is 0 Å². The summed E-state index contributed by atoms with van der Waals surface area (Å²) in [5, 5.41) is 0. The zero-order valence-corrected chi connectivity index (χ0v) is 14.2. The van der Waals surface area contributed by atoms with Gasteiger partial charge in [-0.05, 0) is 32.9 Å². The van der Waals surface area contributed by atoms with Gasteiger partial charge in [0.1, 0.15) is 13.8 Å². The Balaban J connectivity index is 3.02. The Bertz CT molecular complexity index is 485. The molecule has 0 fully saturated rings. The van der Waals surface area contributed by atoms with Crippen molar-refractivity contribution >= 4 is 19.9 Å². The van der Waals surface area contributed by atoms with Gasteiger partial charge in [0, 0.05) is 29.7 Å². The van der Waals surface area contributed by atoms with Crippen LogP contribution in [-0.2, 0) is 9.53 Å². The van der Waals surface area contributed by atoms with Crippen molar-refractivity contribution in [2.45, 2.75) is 46.0 Å². The Hall–Kier alpha value is -1.62. The van der Waals surface area contributed by atoms with Gasteiger partial charge in [-0.1, -0.05) is 19.6 Å². The molecule has 0 amide bonds. The number of nitrogens with one attached hydrogen (secondary N) is 1. The smallest absolute Gasteiger partial charge is 0.333 e. The molecule has 0 radical (unpaired) electrons. The van der Waals surface area contributed by atoms with Crippen molar-refractivity contribution < 1.29 is 9.53 Å². The Morgan fingerprint density at radius 2 is 1.80 bits per heavy atom. The quantitative estimate of drug-likeness (QED) is 0.526. The molecule has 4 nitrogen and oxygen atoms in total. The van der Waals surface area contributed by atoms with E-state index in [1.165, 1.54) is 6.08 Å². The summed E-state index contributed by atoms with van der Waals surface area (Å²) in [4.78, 5) is 19.5. The molecule has 0 unspecified atom stereocenters. The molecular formula is C15H24N2O2Si. The number of esters is 1. The highest BCUT2D eigenvalue weighted by atomic mass is 28.3. The van der Waals surface area contributed by atoms with Crippen molar-refractivity contribution in [3.8, 4) is 0 Å². The molecule has 0 aromatic carbocycles. The minimum absolute atomic E-state index is 0.338. The van der Waals surface area contributed by atoms with Gasteiger partial charge in [-0.25, -0.2) is 4.79 Å². The predicted octanol–water partition coefficient (Wildman–Crippen LogP) is 3.19. The van der Waals surface area contributed by atoms with E-state index >= 15 is 0 Å². The molecular weight excluding hydrogens is 268 g/mol. The fraction of sp³-hybridized carbons (Fsp3) is 0.467. The Kier molecular flexibility index (Phi) is 5.11. The highest BCUT2D eigenvalue weighted by Crippen LogP contribution is 2.15. The second-order valence-corrected chi connectivity index (χ2v) is 11.5. The van der Waals surface area contributed by atoms with Crippen molar-refractivity contribution in [2.24, 2.45) is 0 Å². The fourth-order valence-electron chi connectivity index (χ4n) is 1.58. The first-order chi connectivity index (χ1) is 9.07. The third-order valence-electron chi connectivity index (χ3n) is 2.17. The van der Waals surface area contributed by atoms with Gasteiger partial charge in [-0.3, -0.25) is 4.98 Å². The topological polar surface area (TPSA) is 51.2 Å². The first-order valence-corrected chi connectivity index (χ1v) is 10.2. The molecule has 5 heteroatoms. The van der Waals surface area contributed by atoms with Crippen LogP contribution in [0.5, 0.6) is 0 Å². The summed E-state index contributed by atoms with van der Waals surface area (Å²) in [5.41, 5.74) is 1.24. The van der Waals surface area contributed by atoms with E-state index in [2.05, 4.69) is 29.6 Å². The van der Waals surface area contributed by atoms with Gasteiger partial charge >= 0.3 is 5.97 Å². The van der Waals surface area contributed by atoms with E-state index in [0.717, 1.165) is 11.3 Å². The van der Waals surface area contributed by atoms with E-state index in [1.54, 1.807) is 12.4 Å². The molecule has 0 bridgehead atoms. The van der Waals surface area contributed by atoms with Gasteiger partial charge in [0.15, 0.2) is 0 Å². The number of aromatic nitrogens is 1. The van der Waals surface area contributed by atoms with Crippen LogP contribution >= 0.6 is 0 Å². The molecule has 0 atom stereocenters. The average molecular weight is 292 g/mol. The summed E-state index contributed by atoms with van der Waals surface area (Å²) in [6.45, 7) is 12.1. The Morgan fingerprint density at radius 3 is 2.25 bits per heavy atom. The van der Waals surface area contributed by atoms with E-state index in [0.29, 0.717) is 0 Å². The molecule has 0 spiro atoms. The van der Waals surface area contributed by atoms with Crippen LogP contribution < -0.4 is 4.98 Å². The fourth-order valence-corrected chi connectivity index (χ4v) is 2.60. The predicted molar refractivity (Wildman–Crippen MR) is 84.5 cm³/mol. The van der Waals surface area contributed by atoms with Gasteiger partial charge in [0.25, 0.3) is 0 Å². The minimum atomic E-state index is -1.58. The van der Waals surface area contributed by atoms with Gasteiger partial charge in [0.05, 0.1) is 0 Å². The van der Waals surface area contributed by atoms with Crippen molar-refractivity contribution in [1.29, 1.82) is 0 Å². The average Bonchev–Trinajstić information content (AvgIpc) is 2.25. The maximum absolute atomic E-state index is 12.0. The molecule has 110 valence electrons. The summed E-state index contributed by atoms with van der Waals surface area (Å²) in [6.07, 6.45) is 4.95. The molecule has 0 saturated heterocycles. The van der Waals surface area contributed by atoms with Gasteiger partial charge in [-0.15, -0.1) is 0 Å². The highest BCUT2D eigenvalue weighted by Gasteiger charge is 2.19. The van der Waals surface area contributed by atoms with Crippen molar-refractivity contribution in [2.75, 3.05) is 0 Å². The monoisotopic (exact) mass is 292 g/mol. The first kappa shape index (κ1) is 16.4. The maximum Gasteiger partial charge on any atom is 0.333 e. The standard InChI is InChI=1S/C15H24N2O2Si/c1-15(2,3)19-14(18)11-13(17-20(4,5)6)12-7-9-16-10-8-12/h7-11,17H,1-6H3/b13-11-. The number of pyridine rings is 1. The number of nitrogens with zero attached hydrogens (tertiary/aromatic N) is 1. The highest BCUT2D eigenvalue weighted by molar-refractivity contribution is 6.74. The Labute approximate surface area is 122 Å². The molecule has 0 aliphatic carbocycles. The number of carbonyl (C=O) groups excluding carboxylic acids is 1. The SMILES string of the molecule is CC(C)(C)OC(=O)/C=C(\N[Si](C)(C)C)c1ccncc1. The lowest BCUT2D eigenvalue weighted by Crippen LogP contribution is -2.40.